The Balaban J connectivity index is 1.97. The number of benzene rings is 2. The molecule has 0 heterocycles. The predicted molar refractivity (Wildman–Crippen MR) is 66.5 cm³/mol. The zero-order valence-electron chi connectivity index (χ0n) is 9.67. The summed E-state index contributed by atoms with van der Waals surface area (Å²) in [4.78, 5) is 11.1. The van der Waals surface area contributed by atoms with Crippen LogP contribution in [0.25, 0.3) is 0 Å². The van der Waals surface area contributed by atoms with Crippen LogP contribution in [-0.4, -0.2) is 11.1 Å². The Kier molecular flexibility index (Phi) is 3.94. The number of hydrogen-bond acceptors (Lipinski definition) is 3. The van der Waals surface area contributed by atoms with Crippen LogP contribution < -0.4 is 10.2 Å². The van der Waals surface area contributed by atoms with Gasteiger partial charge in [0.2, 0.25) is 0 Å². The summed E-state index contributed by atoms with van der Waals surface area (Å²) in [5.74, 6) is 0.278. The fourth-order valence-corrected chi connectivity index (χ4v) is 1.50. The molecular weight excluding hydrogens is 230 g/mol. The highest BCUT2D eigenvalue weighted by atomic mass is 16.5. The molecule has 0 aliphatic carbocycles. The lowest BCUT2D eigenvalue weighted by atomic mass is 10.1. The van der Waals surface area contributed by atoms with Crippen molar-refractivity contribution < 1.29 is 14.7 Å². The van der Waals surface area contributed by atoms with Crippen LogP contribution in [0.5, 0.6) is 5.75 Å². The molecule has 0 fully saturated rings. The Bertz CT molecular complexity index is 508. The molecule has 2 rings (SSSR count). The standard InChI is InChI=1S/C14H13NO3/c16-14(15-17)12-8-6-11(7-9-12)10-18-13-4-2-1-3-5-13/h1-9,17H,10H2,(H,15,16). The van der Waals surface area contributed by atoms with Crippen LogP contribution in [0.15, 0.2) is 54.6 Å². The predicted octanol–water partition coefficient (Wildman–Crippen LogP) is 2.38. The van der Waals surface area contributed by atoms with E-state index in [1.54, 1.807) is 29.7 Å². The summed E-state index contributed by atoms with van der Waals surface area (Å²) in [6.45, 7) is 0.436. The monoisotopic (exact) mass is 243 g/mol. The van der Waals surface area contributed by atoms with E-state index in [-0.39, 0.29) is 0 Å². The lowest BCUT2D eigenvalue weighted by molar-refractivity contribution is 0.0706. The van der Waals surface area contributed by atoms with E-state index in [2.05, 4.69) is 0 Å². The Morgan fingerprint density at radius 2 is 1.72 bits per heavy atom. The normalized spacial score (nSPS) is 9.83. The van der Waals surface area contributed by atoms with Gasteiger partial charge in [-0.1, -0.05) is 30.3 Å². The zero-order chi connectivity index (χ0) is 12.8. The van der Waals surface area contributed by atoms with Crippen molar-refractivity contribution >= 4 is 5.91 Å². The van der Waals surface area contributed by atoms with Crippen LogP contribution in [0.2, 0.25) is 0 Å². The lowest BCUT2D eigenvalue weighted by Gasteiger charge is -2.06. The topological polar surface area (TPSA) is 58.6 Å². The van der Waals surface area contributed by atoms with Gasteiger partial charge in [-0.3, -0.25) is 10.0 Å². The van der Waals surface area contributed by atoms with Crippen molar-refractivity contribution in [3.63, 3.8) is 0 Å². The Hall–Kier alpha value is -2.33. The van der Waals surface area contributed by atoms with E-state index in [0.29, 0.717) is 12.2 Å². The number of carbonyl (C=O) groups excluding carboxylic acids is 1. The number of para-hydroxylation sites is 1. The third-order valence-corrected chi connectivity index (χ3v) is 2.47. The van der Waals surface area contributed by atoms with Crippen molar-refractivity contribution in [2.24, 2.45) is 0 Å². The van der Waals surface area contributed by atoms with Gasteiger partial charge < -0.3 is 4.74 Å². The molecule has 0 aliphatic rings. The fraction of sp³-hybridized carbons (Fsp3) is 0.0714. The van der Waals surface area contributed by atoms with Crippen LogP contribution in [0.1, 0.15) is 15.9 Å². The maximum absolute atomic E-state index is 11.1. The first-order valence-corrected chi connectivity index (χ1v) is 5.51. The SMILES string of the molecule is O=C(NO)c1ccc(COc2ccccc2)cc1. The zero-order valence-corrected chi connectivity index (χ0v) is 9.67. The minimum atomic E-state index is -0.523. The molecule has 18 heavy (non-hydrogen) atoms. The minimum absolute atomic E-state index is 0.404. The van der Waals surface area contributed by atoms with E-state index in [1.807, 2.05) is 30.3 Å². The number of hydrogen-bond donors (Lipinski definition) is 2. The molecule has 0 saturated carbocycles. The molecule has 0 radical (unpaired) electrons. The second kappa shape index (κ2) is 5.84. The van der Waals surface area contributed by atoms with Gasteiger partial charge in [0, 0.05) is 5.56 Å². The average Bonchev–Trinajstić information content (AvgIpc) is 2.46. The molecule has 0 bridgehead atoms. The molecule has 0 spiro atoms. The number of hydroxylamine groups is 1. The second-order valence-corrected chi connectivity index (χ2v) is 3.74. The highest BCUT2D eigenvalue weighted by Crippen LogP contribution is 2.12. The van der Waals surface area contributed by atoms with E-state index in [0.717, 1.165) is 11.3 Å². The first-order valence-electron chi connectivity index (χ1n) is 5.51. The summed E-state index contributed by atoms with van der Waals surface area (Å²) in [5.41, 5.74) is 2.94. The first kappa shape index (κ1) is 12.1. The van der Waals surface area contributed by atoms with Gasteiger partial charge in [-0.15, -0.1) is 0 Å². The van der Waals surface area contributed by atoms with Crippen molar-refractivity contribution in [3.8, 4) is 5.75 Å². The average molecular weight is 243 g/mol. The van der Waals surface area contributed by atoms with Crippen LogP contribution in [-0.2, 0) is 6.61 Å². The summed E-state index contributed by atoms with van der Waals surface area (Å²) >= 11 is 0. The van der Waals surface area contributed by atoms with E-state index in [1.165, 1.54) is 0 Å². The quantitative estimate of drug-likeness (QED) is 0.640. The summed E-state index contributed by atoms with van der Waals surface area (Å²) in [6.07, 6.45) is 0. The molecule has 92 valence electrons. The van der Waals surface area contributed by atoms with Crippen molar-refractivity contribution in [1.82, 2.24) is 5.48 Å². The molecule has 4 heteroatoms. The highest BCUT2D eigenvalue weighted by Gasteiger charge is 2.03. The molecule has 0 aliphatic heterocycles. The molecule has 0 saturated heterocycles. The van der Waals surface area contributed by atoms with Gasteiger partial charge >= 0.3 is 0 Å². The summed E-state index contributed by atoms with van der Waals surface area (Å²) in [5, 5.41) is 8.49. The summed E-state index contributed by atoms with van der Waals surface area (Å²) in [6, 6.07) is 16.3. The van der Waals surface area contributed by atoms with Crippen molar-refractivity contribution in [2.75, 3.05) is 0 Å². The Morgan fingerprint density at radius 3 is 2.33 bits per heavy atom. The van der Waals surface area contributed by atoms with E-state index in [4.69, 9.17) is 9.94 Å². The largest absolute Gasteiger partial charge is 0.489 e. The van der Waals surface area contributed by atoms with Crippen LogP contribution in [0.4, 0.5) is 0 Å². The maximum Gasteiger partial charge on any atom is 0.274 e. The third-order valence-electron chi connectivity index (χ3n) is 2.47. The molecular formula is C14H13NO3. The van der Waals surface area contributed by atoms with Gasteiger partial charge in [-0.05, 0) is 29.8 Å². The number of ether oxygens (including phenoxy) is 1. The summed E-state index contributed by atoms with van der Waals surface area (Å²) in [7, 11) is 0. The lowest BCUT2D eigenvalue weighted by Crippen LogP contribution is -2.18. The van der Waals surface area contributed by atoms with Gasteiger partial charge in [0.1, 0.15) is 12.4 Å². The number of amides is 1. The molecule has 0 atom stereocenters. The first-order chi connectivity index (χ1) is 8.79. The third kappa shape index (κ3) is 3.09. The number of rotatable bonds is 4. The molecule has 2 aromatic carbocycles. The number of carbonyl (C=O) groups is 1. The van der Waals surface area contributed by atoms with Crippen LogP contribution in [0, 0.1) is 0 Å². The smallest absolute Gasteiger partial charge is 0.274 e. The van der Waals surface area contributed by atoms with Crippen LogP contribution in [0.3, 0.4) is 0 Å². The molecule has 0 aromatic heterocycles. The molecule has 2 N–H and O–H groups in total. The molecule has 4 nitrogen and oxygen atoms in total. The van der Waals surface area contributed by atoms with Gasteiger partial charge in [-0.25, -0.2) is 5.48 Å². The van der Waals surface area contributed by atoms with E-state index >= 15 is 0 Å². The van der Waals surface area contributed by atoms with Gasteiger partial charge in [0.15, 0.2) is 0 Å². The molecule has 2 aromatic rings. The molecule has 1 amide bonds. The maximum atomic E-state index is 11.1. The van der Waals surface area contributed by atoms with Gasteiger partial charge in [0.05, 0.1) is 0 Å². The fourth-order valence-electron chi connectivity index (χ4n) is 1.50. The van der Waals surface area contributed by atoms with Crippen molar-refractivity contribution in [2.45, 2.75) is 6.61 Å². The highest BCUT2D eigenvalue weighted by molar-refractivity contribution is 5.93. The summed E-state index contributed by atoms with van der Waals surface area (Å²) < 4.78 is 5.57. The number of nitrogens with one attached hydrogen (secondary N) is 1. The second-order valence-electron chi connectivity index (χ2n) is 3.74. The van der Waals surface area contributed by atoms with Gasteiger partial charge in [0.25, 0.3) is 5.91 Å². The van der Waals surface area contributed by atoms with Crippen molar-refractivity contribution in [3.05, 3.63) is 65.7 Å². The Labute approximate surface area is 105 Å². The minimum Gasteiger partial charge on any atom is -0.489 e. The van der Waals surface area contributed by atoms with Crippen LogP contribution >= 0.6 is 0 Å². The molecule has 0 unspecified atom stereocenters. The van der Waals surface area contributed by atoms with Gasteiger partial charge in [-0.2, -0.15) is 0 Å². The van der Waals surface area contributed by atoms with E-state index < -0.39 is 5.91 Å². The Morgan fingerprint density at radius 1 is 1.06 bits per heavy atom. The van der Waals surface area contributed by atoms with E-state index in [9.17, 15) is 4.79 Å². The van der Waals surface area contributed by atoms with Crippen molar-refractivity contribution in [1.29, 1.82) is 0 Å².